The number of piperidine rings is 1. The van der Waals surface area contributed by atoms with Gasteiger partial charge in [0.05, 0.1) is 5.56 Å². The molecule has 2 fully saturated rings. The number of likely N-dealkylation sites (tertiary alicyclic amines) is 1. The normalized spacial score (nSPS) is 20.3. The Bertz CT molecular complexity index is 489. The molecule has 0 spiro atoms. The molecule has 3 rings (SSSR count). The van der Waals surface area contributed by atoms with Crippen LogP contribution in [0.15, 0.2) is 18.3 Å². The third-order valence-corrected chi connectivity index (χ3v) is 4.44. The molecule has 0 radical (unpaired) electrons. The van der Waals surface area contributed by atoms with Crippen LogP contribution in [0.2, 0.25) is 0 Å². The van der Waals surface area contributed by atoms with E-state index < -0.39 is 5.97 Å². The van der Waals surface area contributed by atoms with Gasteiger partial charge in [-0.3, -0.25) is 0 Å². The minimum absolute atomic E-state index is 0. The molecule has 0 amide bonds. The van der Waals surface area contributed by atoms with Gasteiger partial charge >= 0.3 is 35.5 Å². The van der Waals surface area contributed by atoms with Crippen LogP contribution in [0.5, 0.6) is 0 Å². The fourth-order valence-corrected chi connectivity index (χ4v) is 3.29. The van der Waals surface area contributed by atoms with E-state index in [2.05, 4.69) is 14.8 Å². The van der Waals surface area contributed by atoms with Crippen LogP contribution in [0.25, 0.3) is 0 Å². The van der Waals surface area contributed by atoms with E-state index in [0.717, 1.165) is 31.7 Å². The van der Waals surface area contributed by atoms with Crippen molar-refractivity contribution >= 4 is 11.8 Å². The van der Waals surface area contributed by atoms with Gasteiger partial charge in [-0.1, -0.05) is 0 Å². The molecule has 0 saturated carbocycles. The van der Waals surface area contributed by atoms with Gasteiger partial charge in [-0.05, 0) is 50.9 Å². The van der Waals surface area contributed by atoms with Gasteiger partial charge in [-0.25, -0.2) is 9.78 Å². The van der Waals surface area contributed by atoms with Crippen molar-refractivity contribution in [2.24, 2.45) is 0 Å². The van der Waals surface area contributed by atoms with Gasteiger partial charge in [-0.15, -0.1) is 0 Å². The zero-order chi connectivity index (χ0) is 13.9. The Hall–Kier alpha value is -0.620. The summed E-state index contributed by atoms with van der Waals surface area (Å²) in [6.07, 6.45) is 6.56. The second-order valence-electron chi connectivity index (χ2n) is 5.67. The first-order valence-electron chi connectivity index (χ1n) is 7.42. The molecule has 2 aliphatic heterocycles. The average molecular weight is 299 g/mol. The first-order chi connectivity index (χ1) is 9.74. The van der Waals surface area contributed by atoms with E-state index >= 15 is 0 Å². The molecule has 0 unspecified atom stereocenters. The standard InChI is InChI=1S/C15H21N3O2.Na.H/c19-15(20)12-3-6-16-14(11-12)18-9-4-13(5-10-18)17-7-1-2-8-17;;/h3,6,11,13H,1-2,4-5,7-10H2,(H,19,20);;/q;+1;-1. The number of pyridine rings is 1. The molecule has 1 aromatic rings. The predicted octanol–water partition coefficient (Wildman–Crippen LogP) is -1.04. The van der Waals surface area contributed by atoms with Crippen LogP contribution in [0.1, 0.15) is 37.5 Å². The number of rotatable bonds is 3. The number of anilines is 1. The van der Waals surface area contributed by atoms with Gasteiger partial charge in [0.15, 0.2) is 0 Å². The first kappa shape index (κ1) is 16.7. The van der Waals surface area contributed by atoms with E-state index in [4.69, 9.17) is 5.11 Å². The summed E-state index contributed by atoms with van der Waals surface area (Å²) in [6, 6.07) is 3.93. The Balaban J connectivity index is 0.00000121. The number of aromatic nitrogens is 1. The molecule has 21 heavy (non-hydrogen) atoms. The van der Waals surface area contributed by atoms with Crippen molar-refractivity contribution in [3.8, 4) is 0 Å². The molecule has 6 heteroatoms. The van der Waals surface area contributed by atoms with Gasteiger partial charge < -0.3 is 16.3 Å². The van der Waals surface area contributed by atoms with Crippen LogP contribution in [-0.4, -0.2) is 53.2 Å². The molecule has 1 aromatic heterocycles. The molecular weight excluding hydrogens is 277 g/mol. The number of aromatic carboxylic acids is 1. The second kappa shape index (κ2) is 7.58. The minimum Gasteiger partial charge on any atom is -1.00 e. The molecule has 0 aliphatic carbocycles. The van der Waals surface area contributed by atoms with Crippen molar-refractivity contribution in [1.29, 1.82) is 0 Å². The van der Waals surface area contributed by atoms with Crippen LogP contribution in [0.4, 0.5) is 5.82 Å². The Morgan fingerprint density at radius 2 is 1.90 bits per heavy atom. The van der Waals surface area contributed by atoms with Crippen molar-refractivity contribution in [2.45, 2.75) is 31.7 Å². The maximum Gasteiger partial charge on any atom is 1.00 e. The van der Waals surface area contributed by atoms with Gasteiger partial charge in [0.25, 0.3) is 0 Å². The van der Waals surface area contributed by atoms with E-state index in [0.29, 0.717) is 11.6 Å². The Morgan fingerprint density at radius 1 is 1.24 bits per heavy atom. The number of carboxylic acids is 1. The van der Waals surface area contributed by atoms with Gasteiger partial charge in [0.2, 0.25) is 0 Å². The number of carboxylic acid groups (broad SMARTS) is 1. The number of hydrogen-bond donors (Lipinski definition) is 1. The summed E-state index contributed by atoms with van der Waals surface area (Å²) in [6.45, 7) is 4.43. The predicted molar refractivity (Wildman–Crippen MR) is 78.4 cm³/mol. The van der Waals surface area contributed by atoms with E-state index in [1.54, 1.807) is 18.3 Å². The SMILES string of the molecule is O=C(O)c1ccnc(N2CCC(N3CCCC3)CC2)c1.[H-].[Na+]. The van der Waals surface area contributed by atoms with Crippen LogP contribution >= 0.6 is 0 Å². The molecule has 2 aliphatic rings. The van der Waals surface area contributed by atoms with Crippen molar-refractivity contribution < 1.29 is 40.9 Å². The van der Waals surface area contributed by atoms with Crippen LogP contribution in [0, 0.1) is 0 Å². The van der Waals surface area contributed by atoms with E-state index in [1.807, 2.05) is 0 Å². The van der Waals surface area contributed by atoms with Gasteiger partial charge in [0, 0.05) is 25.3 Å². The maximum atomic E-state index is 11.0. The molecule has 2 saturated heterocycles. The zero-order valence-corrected chi connectivity index (χ0v) is 14.7. The molecule has 0 aromatic carbocycles. The maximum absolute atomic E-state index is 11.0. The quantitative estimate of drug-likeness (QED) is 0.723. The average Bonchev–Trinajstić information content (AvgIpc) is 3.02. The summed E-state index contributed by atoms with van der Waals surface area (Å²) in [5, 5.41) is 9.04. The van der Waals surface area contributed by atoms with Crippen LogP contribution in [0.3, 0.4) is 0 Å². The topological polar surface area (TPSA) is 56.7 Å². The van der Waals surface area contributed by atoms with Crippen LogP contribution in [-0.2, 0) is 0 Å². The third kappa shape index (κ3) is 3.97. The number of nitrogens with zero attached hydrogens (tertiary/aromatic N) is 3. The summed E-state index contributed by atoms with van der Waals surface area (Å²) >= 11 is 0. The second-order valence-corrected chi connectivity index (χ2v) is 5.67. The summed E-state index contributed by atoms with van der Waals surface area (Å²) in [5.74, 6) is -0.0922. The molecule has 110 valence electrons. The van der Waals surface area contributed by atoms with E-state index in [9.17, 15) is 4.79 Å². The molecule has 1 N–H and O–H groups in total. The fraction of sp³-hybridized carbons (Fsp3) is 0.600. The van der Waals surface area contributed by atoms with Crippen molar-refractivity contribution in [2.75, 3.05) is 31.1 Å². The summed E-state index contributed by atoms with van der Waals surface area (Å²) in [7, 11) is 0. The first-order valence-corrected chi connectivity index (χ1v) is 7.42. The van der Waals surface area contributed by atoms with E-state index in [1.165, 1.54) is 25.9 Å². The summed E-state index contributed by atoms with van der Waals surface area (Å²) in [5.41, 5.74) is 0.316. The Labute approximate surface area is 149 Å². The van der Waals surface area contributed by atoms with Crippen molar-refractivity contribution in [1.82, 2.24) is 9.88 Å². The third-order valence-electron chi connectivity index (χ3n) is 4.44. The van der Waals surface area contributed by atoms with Crippen molar-refractivity contribution in [3.05, 3.63) is 23.9 Å². The molecule has 3 heterocycles. The molecule has 0 atom stereocenters. The Morgan fingerprint density at radius 3 is 2.52 bits per heavy atom. The van der Waals surface area contributed by atoms with Gasteiger partial charge in [-0.2, -0.15) is 0 Å². The monoisotopic (exact) mass is 299 g/mol. The minimum atomic E-state index is -0.888. The number of carbonyl (C=O) groups is 1. The fourth-order valence-electron chi connectivity index (χ4n) is 3.29. The number of hydrogen-bond acceptors (Lipinski definition) is 4. The summed E-state index contributed by atoms with van der Waals surface area (Å²) in [4.78, 5) is 20.1. The smallest absolute Gasteiger partial charge is 1.00 e. The summed E-state index contributed by atoms with van der Waals surface area (Å²) < 4.78 is 0. The molecule has 0 bridgehead atoms. The van der Waals surface area contributed by atoms with E-state index in [-0.39, 0.29) is 31.0 Å². The molecule has 5 nitrogen and oxygen atoms in total. The van der Waals surface area contributed by atoms with Crippen molar-refractivity contribution in [3.63, 3.8) is 0 Å². The van der Waals surface area contributed by atoms with Gasteiger partial charge in [0.1, 0.15) is 5.82 Å². The van der Waals surface area contributed by atoms with Crippen LogP contribution < -0.4 is 34.5 Å². The largest absolute Gasteiger partial charge is 1.00 e. The Kier molecular flexibility index (Phi) is 6.05. The zero-order valence-electron chi connectivity index (χ0n) is 13.7. The molecular formula is C15H22N3NaO2.